The summed E-state index contributed by atoms with van der Waals surface area (Å²) in [7, 11) is 0. The molecule has 0 bridgehead atoms. The summed E-state index contributed by atoms with van der Waals surface area (Å²) in [5.41, 5.74) is 2.59. The Morgan fingerprint density at radius 2 is 2.00 bits per heavy atom. The Balaban J connectivity index is 1.86. The van der Waals surface area contributed by atoms with Crippen LogP contribution < -0.4 is 0 Å². The SMILES string of the molecule is C=C1CCN(CC2(CC(C)(C)C)CC2)C1. The fourth-order valence-electron chi connectivity index (χ4n) is 3.09. The molecule has 0 radical (unpaired) electrons. The van der Waals surface area contributed by atoms with Crippen LogP contribution in [0.5, 0.6) is 0 Å². The molecule has 2 fully saturated rings. The molecule has 0 N–H and O–H groups in total. The molecule has 0 aromatic heterocycles. The van der Waals surface area contributed by atoms with Gasteiger partial charge in [0.25, 0.3) is 0 Å². The van der Waals surface area contributed by atoms with Crippen LogP contribution in [0.4, 0.5) is 0 Å². The predicted molar refractivity (Wildman–Crippen MR) is 65.9 cm³/mol. The molecule has 2 rings (SSSR count). The summed E-state index contributed by atoms with van der Waals surface area (Å²) in [6.45, 7) is 14.9. The first-order valence-corrected chi connectivity index (χ1v) is 6.28. The quantitative estimate of drug-likeness (QED) is 0.641. The molecule has 2 aliphatic rings. The Bertz CT molecular complexity index is 255. The van der Waals surface area contributed by atoms with Gasteiger partial charge in [0.05, 0.1) is 0 Å². The van der Waals surface area contributed by atoms with E-state index in [2.05, 4.69) is 32.3 Å². The van der Waals surface area contributed by atoms with Crippen LogP contribution in [0.1, 0.15) is 46.5 Å². The van der Waals surface area contributed by atoms with Crippen LogP contribution in [0.15, 0.2) is 12.2 Å². The van der Waals surface area contributed by atoms with E-state index >= 15 is 0 Å². The van der Waals surface area contributed by atoms with E-state index in [4.69, 9.17) is 0 Å². The molecule has 0 amide bonds. The molecule has 86 valence electrons. The van der Waals surface area contributed by atoms with Crippen LogP contribution in [0.25, 0.3) is 0 Å². The van der Waals surface area contributed by atoms with Crippen molar-refractivity contribution in [3.8, 4) is 0 Å². The van der Waals surface area contributed by atoms with Crippen LogP contribution in [0.3, 0.4) is 0 Å². The lowest BCUT2D eigenvalue weighted by Gasteiger charge is -2.29. The van der Waals surface area contributed by atoms with E-state index in [1.165, 1.54) is 44.3 Å². The molecule has 1 heteroatoms. The summed E-state index contributed by atoms with van der Waals surface area (Å²) < 4.78 is 0. The second kappa shape index (κ2) is 3.62. The Hall–Kier alpha value is -0.300. The molecule has 1 saturated carbocycles. The fourth-order valence-corrected chi connectivity index (χ4v) is 3.09. The van der Waals surface area contributed by atoms with Crippen molar-refractivity contribution < 1.29 is 0 Å². The van der Waals surface area contributed by atoms with E-state index in [1.807, 2.05) is 0 Å². The zero-order chi connectivity index (χ0) is 11.1. The minimum atomic E-state index is 0.493. The maximum atomic E-state index is 4.09. The highest BCUT2D eigenvalue weighted by Gasteiger charge is 2.46. The first kappa shape index (κ1) is 11.2. The lowest BCUT2D eigenvalue weighted by molar-refractivity contribution is 0.202. The minimum Gasteiger partial charge on any atom is -0.299 e. The molecule has 1 aliphatic heterocycles. The Kier molecular flexibility index (Phi) is 2.70. The monoisotopic (exact) mass is 207 g/mol. The molecule has 15 heavy (non-hydrogen) atoms. The summed E-state index contributed by atoms with van der Waals surface area (Å²) in [5.74, 6) is 0. The summed E-state index contributed by atoms with van der Waals surface area (Å²) in [5, 5.41) is 0. The number of hydrogen-bond acceptors (Lipinski definition) is 1. The van der Waals surface area contributed by atoms with E-state index in [9.17, 15) is 0 Å². The molecule has 0 aromatic rings. The van der Waals surface area contributed by atoms with Crippen LogP contribution in [0, 0.1) is 10.8 Å². The topological polar surface area (TPSA) is 3.24 Å². The first-order chi connectivity index (χ1) is 6.89. The second-order valence-electron chi connectivity index (χ2n) is 6.95. The van der Waals surface area contributed by atoms with Gasteiger partial charge in [-0.05, 0) is 36.5 Å². The van der Waals surface area contributed by atoms with Crippen LogP contribution in [-0.4, -0.2) is 24.5 Å². The molecule has 1 saturated heterocycles. The van der Waals surface area contributed by atoms with Crippen molar-refractivity contribution in [2.45, 2.75) is 46.5 Å². The smallest absolute Gasteiger partial charge is 0.0191 e. The van der Waals surface area contributed by atoms with E-state index < -0.39 is 0 Å². The normalized spacial score (nSPS) is 25.9. The van der Waals surface area contributed by atoms with Gasteiger partial charge >= 0.3 is 0 Å². The van der Waals surface area contributed by atoms with Crippen molar-refractivity contribution in [3.63, 3.8) is 0 Å². The average molecular weight is 207 g/mol. The van der Waals surface area contributed by atoms with E-state index in [0.717, 1.165) is 6.54 Å². The standard InChI is InChI=1S/C14H25N/c1-12-5-8-15(9-12)11-14(6-7-14)10-13(2,3)4/h1,5-11H2,2-4H3. The number of rotatable bonds is 3. The number of likely N-dealkylation sites (tertiary alicyclic amines) is 1. The van der Waals surface area contributed by atoms with Gasteiger partial charge in [-0.1, -0.05) is 32.9 Å². The Labute approximate surface area is 94.5 Å². The van der Waals surface area contributed by atoms with Gasteiger partial charge in [-0.3, -0.25) is 4.90 Å². The van der Waals surface area contributed by atoms with Crippen molar-refractivity contribution in [1.29, 1.82) is 0 Å². The highest BCUT2D eigenvalue weighted by molar-refractivity contribution is 5.06. The third-order valence-electron chi connectivity index (χ3n) is 3.65. The van der Waals surface area contributed by atoms with Gasteiger partial charge in [0.15, 0.2) is 0 Å². The molecular weight excluding hydrogens is 182 g/mol. The molecule has 0 aromatic carbocycles. The molecular formula is C14H25N. The van der Waals surface area contributed by atoms with Crippen molar-refractivity contribution in [2.24, 2.45) is 10.8 Å². The molecule has 0 atom stereocenters. The first-order valence-electron chi connectivity index (χ1n) is 6.28. The molecule has 1 heterocycles. The van der Waals surface area contributed by atoms with Gasteiger partial charge in [-0.15, -0.1) is 0 Å². The molecule has 0 unspecified atom stereocenters. The van der Waals surface area contributed by atoms with Gasteiger partial charge in [-0.25, -0.2) is 0 Å². The van der Waals surface area contributed by atoms with E-state index in [0.29, 0.717) is 10.8 Å². The van der Waals surface area contributed by atoms with Crippen LogP contribution in [-0.2, 0) is 0 Å². The van der Waals surface area contributed by atoms with Gasteiger partial charge in [0.2, 0.25) is 0 Å². The van der Waals surface area contributed by atoms with E-state index in [1.54, 1.807) is 0 Å². The number of nitrogens with zero attached hydrogens (tertiary/aromatic N) is 1. The molecule has 0 spiro atoms. The minimum absolute atomic E-state index is 0.493. The van der Waals surface area contributed by atoms with Crippen molar-refractivity contribution in [3.05, 3.63) is 12.2 Å². The van der Waals surface area contributed by atoms with Crippen molar-refractivity contribution >= 4 is 0 Å². The van der Waals surface area contributed by atoms with Gasteiger partial charge in [0, 0.05) is 19.6 Å². The summed E-state index contributed by atoms with van der Waals surface area (Å²) in [4.78, 5) is 2.61. The lowest BCUT2D eigenvalue weighted by Crippen LogP contribution is -2.30. The summed E-state index contributed by atoms with van der Waals surface area (Å²) >= 11 is 0. The molecule has 1 nitrogen and oxygen atoms in total. The largest absolute Gasteiger partial charge is 0.299 e. The summed E-state index contributed by atoms with van der Waals surface area (Å²) in [6, 6.07) is 0. The zero-order valence-electron chi connectivity index (χ0n) is 10.6. The number of hydrogen-bond donors (Lipinski definition) is 0. The highest BCUT2D eigenvalue weighted by atomic mass is 15.2. The maximum absolute atomic E-state index is 4.09. The fraction of sp³-hybridized carbons (Fsp3) is 0.857. The van der Waals surface area contributed by atoms with Gasteiger partial charge in [-0.2, -0.15) is 0 Å². The van der Waals surface area contributed by atoms with Crippen LogP contribution >= 0.6 is 0 Å². The zero-order valence-corrected chi connectivity index (χ0v) is 10.6. The van der Waals surface area contributed by atoms with Gasteiger partial charge in [0.1, 0.15) is 0 Å². The maximum Gasteiger partial charge on any atom is 0.0191 e. The van der Waals surface area contributed by atoms with E-state index in [-0.39, 0.29) is 0 Å². The summed E-state index contributed by atoms with van der Waals surface area (Å²) in [6.07, 6.45) is 5.52. The van der Waals surface area contributed by atoms with Gasteiger partial charge < -0.3 is 0 Å². The Morgan fingerprint density at radius 3 is 2.40 bits per heavy atom. The van der Waals surface area contributed by atoms with Crippen LogP contribution in [0.2, 0.25) is 0 Å². The highest BCUT2D eigenvalue weighted by Crippen LogP contribution is 2.53. The predicted octanol–water partition coefficient (Wildman–Crippen LogP) is 3.46. The third-order valence-corrected chi connectivity index (χ3v) is 3.65. The van der Waals surface area contributed by atoms with Crippen molar-refractivity contribution in [2.75, 3.05) is 19.6 Å². The lowest BCUT2D eigenvalue weighted by atomic mass is 9.82. The average Bonchev–Trinajstić information content (AvgIpc) is 2.64. The molecule has 1 aliphatic carbocycles. The van der Waals surface area contributed by atoms with Crippen molar-refractivity contribution in [1.82, 2.24) is 4.90 Å². The second-order valence-corrected chi connectivity index (χ2v) is 6.95. The Morgan fingerprint density at radius 1 is 1.33 bits per heavy atom. The third kappa shape index (κ3) is 3.07.